The van der Waals surface area contributed by atoms with Crippen molar-refractivity contribution in [2.45, 2.75) is 19.5 Å². The summed E-state index contributed by atoms with van der Waals surface area (Å²) in [5.74, 6) is -0.232. The van der Waals surface area contributed by atoms with Crippen LogP contribution in [0.4, 0.5) is 4.39 Å². The van der Waals surface area contributed by atoms with Crippen molar-refractivity contribution < 1.29 is 4.39 Å². The van der Waals surface area contributed by atoms with E-state index in [4.69, 9.17) is 5.73 Å². The molecular formula is C10H14BrFN2. The lowest BCUT2D eigenvalue weighted by molar-refractivity contribution is 0.551. The average molecular weight is 261 g/mol. The molecule has 4 heteroatoms. The highest BCUT2D eigenvalue weighted by Gasteiger charge is 2.05. The third kappa shape index (κ3) is 3.04. The van der Waals surface area contributed by atoms with Crippen LogP contribution in [0.3, 0.4) is 0 Å². The number of benzene rings is 1. The van der Waals surface area contributed by atoms with Gasteiger partial charge in [-0.1, -0.05) is 12.1 Å². The molecule has 1 unspecified atom stereocenters. The Labute approximate surface area is 91.8 Å². The molecule has 0 amide bonds. The highest BCUT2D eigenvalue weighted by atomic mass is 79.9. The maximum absolute atomic E-state index is 13.1. The number of hydrogen-bond acceptors (Lipinski definition) is 2. The Kier molecular flexibility index (Phi) is 4.51. The minimum absolute atomic E-state index is 0.232. The van der Waals surface area contributed by atoms with Gasteiger partial charge in [0.1, 0.15) is 5.82 Å². The lowest BCUT2D eigenvalue weighted by atomic mass is 10.2. The Morgan fingerprint density at radius 2 is 2.29 bits per heavy atom. The molecule has 0 radical (unpaired) electrons. The van der Waals surface area contributed by atoms with Gasteiger partial charge in [0, 0.05) is 19.1 Å². The van der Waals surface area contributed by atoms with Crippen molar-refractivity contribution in [1.82, 2.24) is 5.32 Å². The third-order valence-electron chi connectivity index (χ3n) is 2.03. The van der Waals surface area contributed by atoms with Gasteiger partial charge >= 0.3 is 0 Å². The molecule has 1 rings (SSSR count). The number of nitrogens with two attached hydrogens (primary N) is 1. The Balaban J connectivity index is 2.63. The molecule has 0 aromatic heterocycles. The molecule has 2 nitrogen and oxygen atoms in total. The largest absolute Gasteiger partial charge is 0.329 e. The molecule has 0 aliphatic heterocycles. The van der Waals surface area contributed by atoms with Gasteiger partial charge in [-0.05, 0) is 34.5 Å². The first-order chi connectivity index (χ1) is 6.65. The molecule has 78 valence electrons. The van der Waals surface area contributed by atoms with Gasteiger partial charge in [0.25, 0.3) is 0 Å². The molecule has 0 aliphatic carbocycles. The fourth-order valence-electron chi connectivity index (χ4n) is 1.05. The molecule has 0 fully saturated rings. The van der Waals surface area contributed by atoms with E-state index in [1.165, 1.54) is 6.07 Å². The van der Waals surface area contributed by atoms with Crippen LogP contribution in [0.5, 0.6) is 0 Å². The van der Waals surface area contributed by atoms with Crippen LogP contribution in [0.25, 0.3) is 0 Å². The quantitative estimate of drug-likeness (QED) is 0.870. The Morgan fingerprint density at radius 3 is 2.93 bits per heavy atom. The van der Waals surface area contributed by atoms with Crippen LogP contribution in [-0.4, -0.2) is 12.6 Å². The van der Waals surface area contributed by atoms with Crippen LogP contribution in [-0.2, 0) is 6.54 Å². The van der Waals surface area contributed by atoms with E-state index < -0.39 is 0 Å². The predicted molar refractivity (Wildman–Crippen MR) is 59.5 cm³/mol. The summed E-state index contributed by atoms with van der Waals surface area (Å²) in [5.41, 5.74) is 6.36. The molecule has 1 aromatic carbocycles. The minimum Gasteiger partial charge on any atom is -0.329 e. The second-order valence-corrected chi connectivity index (χ2v) is 4.02. The van der Waals surface area contributed by atoms with E-state index in [-0.39, 0.29) is 11.9 Å². The van der Waals surface area contributed by atoms with Gasteiger partial charge in [-0.25, -0.2) is 4.39 Å². The highest BCUT2D eigenvalue weighted by Crippen LogP contribution is 2.20. The second kappa shape index (κ2) is 5.44. The van der Waals surface area contributed by atoms with Crippen molar-refractivity contribution in [2.24, 2.45) is 5.73 Å². The lowest BCUT2D eigenvalue weighted by Crippen LogP contribution is -2.32. The zero-order valence-corrected chi connectivity index (χ0v) is 9.64. The van der Waals surface area contributed by atoms with E-state index >= 15 is 0 Å². The average Bonchev–Trinajstić information content (AvgIpc) is 2.20. The molecule has 3 N–H and O–H groups in total. The topological polar surface area (TPSA) is 38.0 Å². The van der Waals surface area contributed by atoms with Gasteiger partial charge in [0.15, 0.2) is 0 Å². The van der Waals surface area contributed by atoms with Crippen molar-refractivity contribution in [3.63, 3.8) is 0 Å². The first kappa shape index (κ1) is 11.6. The summed E-state index contributed by atoms with van der Waals surface area (Å²) in [5, 5.41) is 3.19. The molecule has 0 saturated heterocycles. The molecule has 1 atom stereocenters. The molecule has 0 spiro atoms. The van der Waals surface area contributed by atoms with Crippen LogP contribution in [0, 0.1) is 5.82 Å². The number of hydrogen-bond donors (Lipinski definition) is 2. The first-order valence-electron chi connectivity index (χ1n) is 4.51. The fourth-order valence-corrected chi connectivity index (χ4v) is 1.46. The van der Waals surface area contributed by atoms with Gasteiger partial charge in [0.05, 0.1) is 4.47 Å². The normalized spacial score (nSPS) is 12.9. The monoisotopic (exact) mass is 260 g/mol. The number of nitrogens with one attached hydrogen (secondary N) is 1. The standard InChI is InChI=1S/C10H14BrFN2/c1-7(5-13)14-6-8-3-2-4-9(12)10(8)11/h2-4,7,14H,5-6,13H2,1H3. The Hall–Kier alpha value is -0.450. The van der Waals surface area contributed by atoms with Crippen molar-refractivity contribution in [3.05, 3.63) is 34.1 Å². The van der Waals surface area contributed by atoms with E-state index in [1.807, 2.05) is 13.0 Å². The van der Waals surface area contributed by atoms with Crippen molar-refractivity contribution in [1.29, 1.82) is 0 Å². The fraction of sp³-hybridized carbons (Fsp3) is 0.400. The summed E-state index contributed by atoms with van der Waals surface area (Å²) < 4.78 is 13.6. The van der Waals surface area contributed by atoms with Gasteiger partial charge in [-0.15, -0.1) is 0 Å². The minimum atomic E-state index is -0.232. The summed E-state index contributed by atoms with van der Waals surface area (Å²) in [7, 11) is 0. The smallest absolute Gasteiger partial charge is 0.137 e. The van der Waals surface area contributed by atoms with Crippen molar-refractivity contribution in [2.75, 3.05) is 6.54 Å². The first-order valence-corrected chi connectivity index (χ1v) is 5.30. The summed E-state index contributed by atoms with van der Waals surface area (Å²) in [4.78, 5) is 0. The zero-order valence-electron chi connectivity index (χ0n) is 8.06. The maximum Gasteiger partial charge on any atom is 0.137 e. The van der Waals surface area contributed by atoms with Gasteiger partial charge < -0.3 is 11.1 Å². The van der Waals surface area contributed by atoms with E-state index in [1.54, 1.807) is 6.07 Å². The Bertz CT molecular complexity index is 304. The lowest BCUT2D eigenvalue weighted by Gasteiger charge is -2.12. The zero-order chi connectivity index (χ0) is 10.6. The molecular weight excluding hydrogens is 247 g/mol. The van der Waals surface area contributed by atoms with Gasteiger partial charge in [-0.3, -0.25) is 0 Å². The van der Waals surface area contributed by atoms with Crippen molar-refractivity contribution in [3.8, 4) is 0 Å². The summed E-state index contributed by atoms with van der Waals surface area (Å²) in [6.07, 6.45) is 0. The van der Waals surface area contributed by atoms with Crippen LogP contribution in [0.1, 0.15) is 12.5 Å². The van der Waals surface area contributed by atoms with Crippen LogP contribution >= 0.6 is 15.9 Å². The third-order valence-corrected chi connectivity index (χ3v) is 2.91. The Morgan fingerprint density at radius 1 is 1.57 bits per heavy atom. The second-order valence-electron chi connectivity index (χ2n) is 3.23. The van der Waals surface area contributed by atoms with Gasteiger partial charge in [-0.2, -0.15) is 0 Å². The highest BCUT2D eigenvalue weighted by molar-refractivity contribution is 9.10. The SMILES string of the molecule is CC(CN)NCc1cccc(F)c1Br. The molecule has 14 heavy (non-hydrogen) atoms. The summed E-state index contributed by atoms with van der Waals surface area (Å²) in [6, 6.07) is 5.25. The summed E-state index contributed by atoms with van der Waals surface area (Å²) >= 11 is 3.21. The van der Waals surface area contributed by atoms with Crippen LogP contribution in [0.15, 0.2) is 22.7 Å². The van der Waals surface area contributed by atoms with Crippen LogP contribution in [0.2, 0.25) is 0 Å². The van der Waals surface area contributed by atoms with Crippen LogP contribution < -0.4 is 11.1 Å². The molecule has 0 saturated carbocycles. The molecule has 0 bridgehead atoms. The maximum atomic E-state index is 13.1. The molecule has 0 aliphatic rings. The number of rotatable bonds is 4. The van der Waals surface area contributed by atoms with E-state index in [0.717, 1.165) is 5.56 Å². The molecule has 0 heterocycles. The number of halogens is 2. The van der Waals surface area contributed by atoms with E-state index in [9.17, 15) is 4.39 Å². The van der Waals surface area contributed by atoms with E-state index in [0.29, 0.717) is 17.6 Å². The summed E-state index contributed by atoms with van der Waals surface area (Å²) in [6.45, 7) is 3.19. The predicted octanol–water partition coefficient (Wildman–Crippen LogP) is 2.03. The van der Waals surface area contributed by atoms with Gasteiger partial charge in [0.2, 0.25) is 0 Å². The van der Waals surface area contributed by atoms with E-state index in [2.05, 4.69) is 21.2 Å². The molecule has 1 aromatic rings. The van der Waals surface area contributed by atoms with Crippen molar-refractivity contribution >= 4 is 15.9 Å².